The highest BCUT2D eigenvalue weighted by molar-refractivity contribution is 4.99. The Morgan fingerprint density at radius 2 is 1.95 bits per heavy atom. The first kappa shape index (κ1) is 16.9. The lowest BCUT2D eigenvalue weighted by Crippen LogP contribution is -2.59. The first-order valence-corrected chi connectivity index (χ1v) is 7.79. The number of methoxy groups -OCH3 is 1. The molecule has 3 heteroatoms. The second kappa shape index (κ2) is 7.05. The van der Waals surface area contributed by atoms with Gasteiger partial charge in [0, 0.05) is 32.3 Å². The van der Waals surface area contributed by atoms with Crippen molar-refractivity contribution in [1.29, 1.82) is 0 Å². The lowest BCUT2D eigenvalue weighted by molar-refractivity contribution is -0.0103. The van der Waals surface area contributed by atoms with Crippen LogP contribution in [-0.4, -0.2) is 43.8 Å². The molecule has 114 valence electrons. The van der Waals surface area contributed by atoms with Gasteiger partial charge in [-0.05, 0) is 30.6 Å². The maximum Gasteiger partial charge on any atom is 0.0589 e. The molecule has 3 nitrogen and oxygen atoms in total. The van der Waals surface area contributed by atoms with E-state index in [4.69, 9.17) is 10.5 Å². The molecule has 1 aliphatic carbocycles. The van der Waals surface area contributed by atoms with Crippen LogP contribution in [0.25, 0.3) is 0 Å². The Morgan fingerprint density at radius 3 is 2.42 bits per heavy atom. The van der Waals surface area contributed by atoms with Crippen molar-refractivity contribution in [1.82, 2.24) is 4.90 Å². The van der Waals surface area contributed by atoms with Crippen molar-refractivity contribution in [3.8, 4) is 0 Å². The van der Waals surface area contributed by atoms with E-state index < -0.39 is 0 Å². The molecule has 0 amide bonds. The molecule has 1 fully saturated rings. The fraction of sp³-hybridized carbons (Fsp3) is 1.00. The van der Waals surface area contributed by atoms with Crippen LogP contribution in [0.15, 0.2) is 0 Å². The van der Waals surface area contributed by atoms with Crippen molar-refractivity contribution >= 4 is 0 Å². The summed E-state index contributed by atoms with van der Waals surface area (Å²) in [7, 11) is 1.79. The van der Waals surface area contributed by atoms with E-state index in [1.54, 1.807) is 7.11 Å². The molecule has 1 unspecified atom stereocenters. The molecule has 0 aliphatic heterocycles. The van der Waals surface area contributed by atoms with Crippen molar-refractivity contribution in [2.45, 2.75) is 58.9 Å². The van der Waals surface area contributed by atoms with Crippen molar-refractivity contribution in [3.63, 3.8) is 0 Å². The Labute approximate surface area is 119 Å². The summed E-state index contributed by atoms with van der Waals surface area (Å²) in [4.78, 5) is 2.61. The van der Waals surface area contributed by atoms with E-state index in [2.05, 4.69) is 32.6 Å². The predicted molar refractivity (Wildman–Crippen MR) is 82.3 cm³/mol. The fourth-order valence-corrected chi connectivity index (χ4v) is 3.70. The topological polar surface area (TPSA) is 38.5 Å². The standard InChI is InChI=1S/C16H34N2O/c1-14(2)11-18(9-10-19-5)16(13-17)8-6-7-15(3,4)12-16/h14H,6-13,17H2,1-5H3. The van der Waals surface area contributed by atoms with Crippen molar-refractivity contribution in [3.05, 3.63) is 0 Å². The molecule has 0 aromatic carbocycles. The number of nitrogens with two attached hydrogens (primary N) is 1. The zero-order chi connectivity index (χ0) is 14.5. The van der Waals surface area contributed by atoms with Gasteiger partial charge >= 0.3 is 0 Å². The van der Waals surface area contributed by atoms with Gasteiger partial charge < -0.3 is 10.5 Å². The molecule has 0 radical (unpaired) electrons. The van der Waals surface area contributed by atoms with Gasteiger partial charge in [0.25, 0.3) is 0 Å². The molecule has 0 aromatic heterocycles. The van der Waals surface area contributed by atoms with Gasteiger partial charge in [0.15, 0.2) is 0 Å². The summed E-state index contributed by atoms with van der Waals surface area (Å²) >= 11 is 0. The van der Waals surface area contributed by atoms with Crippen LogP contribution < -0.4 is 5.73 Å². The fourth-order valence-electron chi connectivity index (χ4n) is 3.70. The lowest BCUT2D eigenvalue weighted by Gasteiger charge is -2.51. The zero-order valence-electron chi connectivity index (χ0n) is 13.7. The van der Waals surface area contributed by atoms with Gasteiger partial charge in [-0.2, -0.15) is 0 Å². The minimum absolute atomic E-state index is 0.185. The van der Waals surface area contributed by atoms with E-state index >= 15 is 0 Å². The second-order valence-corrected chi connectivity index (χ2v) is 7.46. The van der Waals surface area contributed by atoms with Gasteiger partial charge in [0.2, 0.25) is 0 Å². The average Bonchev–Trinajstić information content (AvgIpc) is 2.32. The molecule has 0 heterocycles. The van der Waals surface area contributed by atoms with Gasteiger partial charge in [-0.1, -0.05) is 34.1 Å². The molecular weight excluding hydrogens is 236 g/mol. The minimum atomic E-state index is 0.185. The monoisotopic (exact) mass is 270 g/mol. The van der Waals surface area contributed by atoms with Gasteiger partial charge in [0.1, 0.15) is 0 Å². The molecular formula is C16H34N2O. The first-order valence-electron chi connectivity index (χ1n) is 7.79. The Morgan fingerprint density at radius 1 is 1.26 bits per heavy atom. The minimum Gasteiger partial charge on any atom is -0.383 e. The van der Waals surface area contributed by atoms with Gasteiger partial charge in [-0.15, -0.1) is 0 Å². The van der Waals surface area contributed by atoms with Gasteiger partial charge in [-0.25, -0.2) is 0 Å². The third kappa shape index (κ3) is 4.73. The summed E-state index contributed by atoms with van der Waals surface area (Å²) in [6.45, 7) is 13.1. The van der Waals surface area contributed by atoms with Crippen LogP contribution in [0.2, 0.25) is 0 Å². The molecule has 1 atom stereocenters. The van der Waals surface area contributed by atoms with Crippen LogP contribution in [-0.2, 0) is 4.74 Å². The molecule has 0 saturated heterocycles. The molecule has 1 aliphatic rings. The maximum absolute atomic E-state index is 6.23. The Balaban J connectivity index is 2.86. The molecule has 0 aromatic rings. The summed E-state index contributed by atoms with van der Waals surface area (Å²) < 4.78 is 5.30. The number of hydrogen-bond acceptors (Lipinski definition) is 3. The smallest absolute Gasteiger partial charge is 0.0589 e. The molecule has 1 saturated carbocycles. The Hall–Kier alpha value is -0.120. The van der Waals surface area contributed by atoms with E-state index in [1.165, 1.54) is 25.7 Å². The van der Waals surface area contributed by atoms with E-state index in [0.29, 0.717) is 11.3 Å². The van der Waals surface area contributed by atoms with Crippen LogP contribution in [0.3, 0.4) is 0 Å². The molecule has 19 heavy (non-hydrogen) atoms. The molecule has 2 N–H and O–H groups in total. The number of nitrogens with zero attached hydrogens (tertiary/aromatic N) is 1. The second-order valence-electron chi connectivity index (χ2n) is 7.46. The highest BCUT2D eigenvalue weighted by atomic mass is 16.5. The third-order valence-corrected chi connectivity index (χ3v) is 4.50. The summed E-state index contributed by atoms with van der Waals surface area (Å²) in [5, 5.41) is 0. The van der Waals surface area contributed by atoms with Gasteiger partial charge in [-0.3, -0.25) is 4.90 Å². The number of ether oxygens (including phenoxy) is 1. The van der Waals surface area contributed by atoms with Crippen LogP contribution in [0.1, 0.15) is 53.4 Å². The van der Waals surface area contributed by atoms with Gasteiger partial charge in [0.05, 0.1) is 6.61 Å². The van der Waals surface area contributed by atoms with Crippen molar-refractivity contribution in [2.75, 3.05) is 33.4 Å². The highest BCUT2D eigenvalue weighted by Crippen LogP contribution is 2.43. The van der Waals surface area contributed by atoms with E-state index in [-0.39, 0.29) is 5.54 Å². The van der Waals surface area contributed by atoms with E-state index in [9.17, 15) is 0 Å². The summed E-state index contributed by atoms with van der Waals surface area (Å²) in [5.74, 6) is 0.672. The van der Waals surface area contributed by atoms with E-state index in [0.717, 1.165) is 26.2 Å². The van der Waals surface area contributed by atoms with E-state index in [1.807, 2.05) is 0 Å². The Kier molecular flexibility index (Phi) is 6.28. The summed E-state index contributed by atoms with van der Waals surface area (Å²) in [6.07, 6.45) is 5.08. The lowest BCUT2D eigenvalue weighted by atomic mass is 9.67. The normalized spacial score (nSPS) is 27.2. The predicted octanol–water partition coefficient (Wildman–Crippen LogP) is 2.89. The third-order valence-electron chi connectivity index (χ3n) is 4.50. The summed E-state index contributed by atoms with van der Waals surface area (Å²) in [6, 6.07) is 0. The summed E-state index contributed by atoms with van der Waals surface area (Å²) in [5.41, 5.74) is 6.83. The zero-order valence-corrected chi connectivity index (χ0v) is 13.7. The Bertz CT molecular complexity index is 265. The van der Waals surface area contributed by atoms with Crippen LogP contribution in [0.4, 0.5) is 0 Å². The number of rotatable bonds is 7. The van der Waals surface area contributed by atoms with Crippen LogP contribution in [0, 0.1) is 11.3 Å². The average molecular weight is 270 g/mol. The first-order chi connectivity index (χ1) is 8.85. The number of hydrogen-bond donors (Lipinski definition) is 1. The van der Waals surface area contributed by atoms with Crippen molar-refractivity contribution < 1.29 is 4.74 Å². The quantitative estimate of drug-likeness (QED) is 0.773. The van der Waals surface area contributed by atoms with Crippen molar-refractivity contribution in [2.24, 2.45) is 17.1 Å². The molecule has 0 spiro atoms. The molecule has 0 bridgehead atoms. The molecule has 1 rings (SSSR count). The highest BCUT2D eigenvalue weighted by Gasteiger charge is 2.43. The van der Waals surface area contributed by atoms with Crippen LogP contribution in [0.5, 0.6) is 0 Å². The van der Waals surface area contributed by atoms with Crippen LogP contribution >= 0.6 is 0 Å². The SMILES string of the molecule is COCCN(CC(C)C)C1(CN)CCCC(C)(C)C1. The maximum atomic E-state index is 6.23. The largest absolute Gasteiger partial charge is 0.383 e.